The fourth-order valence-corrected chi connectivity index (χ4v) is 3.76. The van der Waals surface area contributed by atoms with Gasteiger partial charge in [-0.15, -0.1) is 0 Å². The van der Waals surface area contributed by atoms with Gasteiger partial charge in [0.15, 0.2) is 0 Å². The Morgan fingerprint density at radius 1 is 1.20 bits per heavy atom. The average Bonchev–Trinajstić information content (AvgIpc) is 3.07. The van der Waals surface area contributed by atoms with Gasteiger partial charge in [-0.1, -0.05) is 26.7 Å². The van der Waals surface area contributed by atoms with Crippen LogP contribution in [0.2, 0.25) is 0 Å². The summed E-state index contributed by atoms with van der Waals surface area (Å²) in [6.45, 7) is 8.36. The Balaban J connectivity index is 1.96. The van der Waals surface area contributed by atoms with E-state index >= 15 is 0 Å². The molecule has 1 aliphatic heterocycles. The molecule has 3 atom stereocenters. The average molecular weight is 282 g/mol. The smallest absolute Gasteiger partial charge is 0.312 e. The Hall–Kier alpha value is -0.570. The number of rotatable bonds is 5. The zero-order chi connectivity index (χ0) is 14.8. The summed E-state index contributed by atoms with van der Waals surface area (Å²) in [4.78, 5) is 12.5. The molecule has 0 aromatic rings. The van der Waals surface area contributed by atoms with Crippen molar-refractivity contribution in [2.75, 3.05) is 0 Å². The highest BCUT2D eigenvalue weighted by atomic mass is 16.6. The van der Waals surface area contributed by atoms with E-state index in [1.54, 1.807) is 0 Å². The first-order valence-corrected chi connectivity index (χ1v) is 8.36. The fourth-order valence-electron chi connectivity index (χ4n) is 3.76. The highest BCUT2D eigenvalue weighted by molar-refractivity contribution is 5.74. The second-order valence-electron chi connectivity index (χ2n) is 6.96. The molecule has 2 fully saturated rings. The van der Waals surface area contributed by atoms with Gasteiger partial charge in [-0.3, -0.25) is 4.79 Å². The Morgan fingerprint density at radius 3 is 2.40 bits per heavy atom. The van der Waals surface area contributed by atoms with Gasteiger partial charge in [0.25, 0.3) is 0 Å². The monoisotopic (exact) mass is 282 g/mol. The molecule has 1 aliphatic carbocycles. The molecule has 0 bridgehead atoms. The van der Waals surface area contributed by atoms with Crippen LogP contribution in [0.3, 0.4) is 0 Å². The van der Waals surface area contributed by atoms with Crippen molar-refractivity contribution in [1.29, 1.82) is 0 Å². The van der Waals surface area contributed by atoms with Crippen molar-refractivity contribution in [3.8, 4) is 0 Å². The molecule has 1 saturated carbocycles. The summed E-state index contributed by atoms with van der Waals surface area (Å²) in [5.74, 6) is 0.422. The largest absolute Gasteiger partial charge is 0.459 e. The lowest BCUT2D eigenvalue weighted by atomic mass is 9.88. The molecular formula is C17H30O3. The van der Waals surface area contributed by atoms with Crippen LogP contribution in [-0.2, 0) is 14.3 Å². The van der Waals surface area contributed by atoms with Crippen LogP contribution >= 0.6 is 0 Å². The van der Waals surface area contributed by atoms with Gasteiger partial charge >= 0.3 is 5.97 Å². The molecule has 0 amide bonds. The molecule has 116 valence electrons. The van der Waals surface area contributed by atoms with Gasteiger partial charge in [0.05, 0.1) is 18.1 Å². The molecule has 0 radical (unpaired) electrons. The maximum Gasteiger partial charge on any atom is 0.312 e. The van der Waals surface area contributed by atoms with Gasteiger partial charge in [0.1, 0.15) is 5.60 Å². The number of esters is 1. The predicted molar refractivity (Wildman–Crippen MR) is 79.5 cm³/mol. The first-order chi connectivity index (χ1) is 9.47. The molecule has 2 rings (SSSR count). The van der Waals surface area contributed by atoms with Crippen LogP contribution in [0.1, 0.15) is 72.6 Å². The SMILES string of the molecule is CCC1CC(C(=O)OC(C)(C)C2CCCC2)C(CC)O1. The van der Waals surface area contributed by atoms with E-state index in [-0.39, 0.29) is 29.7 Å². The summed E-state index contributed by atoms with van der Waals surface area (Å²) in [5.41, 5.74) is -0.323. The Labute approximate surface area is 123 Å². The lowest BCUT2D eigenvalue weighted by molar-refractivity contribution is -0.168. The minimum Gasteiger partial charge on any atom is -0.459 e. The molecule has 0 aromatic carbocycles. The molecule has 2 aliphatic rings. The van der Waals surface area contributed by atoms with Crippen LogP contribution in [0.25, 0.3) is 0 Å². The Morgan fingerprint density at radius 2 is 1.85 bits per heavy atom. The normalized spacial score (nSPS) is 31.7. The molecule has 3 unspecified atom stereocenters. The lowest BCUT2D eigenvalue weighted by Crippen LogP contribution is -2.39. The molecule has 0 spiro atoms. The molecule has 0 N–H and O–H groups in total. The van der Waals surface area contributed by atoms with Crippen LogP contribution in [-0.4, -0.2) is 23.8 Å². The van der Waals surface area contributed by atoms with Gasteiger partial charge in [0, 0.05) is 0 Å². The first-order valence-electron chi connectivity index (χ1n) is 8.36. The van der Waals surface area contributed by atoms with Crippen molar-refractivity contribution < 1.29 is 14.3 Å². The lowest BCUT2D eigenvalue weighted by Gasteiger charge is -2.33. The predicted octanol–water partition coefficient (Wildman–Crippen LogP) is 4.09. The maximum absolute atomic E-state index is 12.5. The van der Waals surface area contributed by atoms with Crippen LogP contribution in [0, 0.1) is 11.8 Å². The van der Waals surface area contributed by atoms with Crippen molar-refractivity contribution in [2.24, 2.45) is 11.8 Å². The zero-order valence-electron chi connectivity index (χ0n) is 13.5. The second-order valence-corrected chi connectivity index (χ2v) is 6.96. The highest BCUT2D eigenvalue weighted by Gasteiger charge is 2.42. The first kappa shape index (κ1) is 15.8. The molecule has 1 heterocycles. The van der Waals surface area contributed by atoms with Gasteiger partial charge in [-0.2, -0.15) is 0 Å². The van der Waals surface area contributed by atoms with Crippen molar-refractivity contribution in [3.05, 3.63) is 0 Å². The summed E-state index contributed by atoms with van der Waals surface area (Å²) in [6, 6.07) is 0. The van der Waals surface area contributed by atoms with Crippen LogP contribution in [0.15, 0.2) is 0 Å². The number of carbonyl (C=O) groups is 1. The van der Waals surface area contributed by atoms with Crippen molar-refractivity contribution in [1.82, 2.24) is 0 Å². The fraction of sp³-hybridized carbons (Fsp3) is 0.941. The molecule has 20 heavy (non-hydrogen) atoms. The van der Waals surface area contributed by atoms with Gasteiger partial charge in [0.2, 0.25) is 0 Å². The minimum absolute atomic E-state index is 0.0373. The second kappa shape index (κ2) is 6.46. The zero-order valence-corrected chi connectivity index (χ0v) is 13.5. The minimum atomic E-state index is -0.323. The van der Waals surface area contributed by atoms with E-state index in [1.165, 1.54) is 25.7 Å². The van der Waals surface area contributed by atoms with Gasteiger partial charge in [-0.05, 0) is 51.9 Å². The number of carbonyl (C=O) groups excluding carboxylic acids is 1. The summed E-state index contributed by atoms with van der Waals surface area (Å²) in [5, 5.41) is 0. The van der Waals surface area contributed by atoms with Crippen molar-refractivity contribution >= 4 is 5.97 Å². The standard InChI is InChI=1S/C17H30O3/c1-5-13-11-14(15(6-2)19-13)16(18)20-17(3,4)12-9-7-8-10-12/h12-15H,5-11H2,1-4H3. The summed E-state index contributed by atoms with van der Waals surface area (Å²) < 4.78 is 11.8. The van der Waals surface area contributed by atoms with E-state index in [9.17, 15) is 4.79 Å². The third kappa shape index (κ3) is 3.36. The molecule has 1 saturated heterocycles. The van der Waals surface area contributed by atoms with E-state index < -0.39 is 0 Å². The summed E-state index contributed by atoms with van der Waals surface area (Å²) >= 11 is 0. The molecule has 0 aromatic heterocycles. The van der Waals surface area contributed by atoms with Gasteiger partial charge in [-0.25, -0.2) is 0 Å². The van der Waals surface area contributed by atoms with Crippen molar-refractivity contribution in [2.45, 2.75) is 90.4 Å². The molecule has 3 heteroatoms. The maximum atomic E-state index is 12.5. The van der Waals surface area contributed by atoms with E-state index in [1.807, 2.05) is 0 Å². The highest BCUT2D eigenvalue weighted by Crippen LogP contribution is 2.38. The summed E-state index contributed by atoms with van der Waals surface area (Å²) in [7, 11) is 0. The van der Waals surface area contributed by atoms with E-state index in [4.69, 9.17) is 9.47 Å². The topological polar surface area (TPSA) is 35.5 Å². The number of ether oxygens (including phenoxy) is 2. The van der Waals surface area contributed by atoms with Crippen LogP contribution in [0.5, 0.6) is 0 Å². The Bertz CT molecular complexity index is 331. The Kier molecular flexibility index (Phi) is 5.11. The van der Waals surface area contributed by atoms with Crippen LogP contribution in [0.4, 0.5) is 0 Å². The quantitative estimate of drug-likeness (QED) is 0.712. The van der Waals surface area contributed by atoms with E-state index in [0.29, 0.717) is 5.92 Å². The van der Waals surface area contributed by atoms with E-state index in [2.05, 4.69) is 27.7 Å². The molecule has 3 nitrogen and oxygen atoms in total. The molecular weight excluding hydrogens is 252 g/mol. The third-order valence-electron chi connectivity index (χ3n) is 5.20. The number of hydrogen-bond donors (Lipinski definition) is 0. The van der Waals surface area contributed by atoms with Gasteiger partial charge < -0.3 is 9.47 Å². The van der Waals surface area contributed by atoms with Crippen molar-refractivity contribution in [3.63, 3.8) is 0 Å². The summed E-state index contributed by atoms with van der Waals surface area (Å²) in [6.07, 6.45) is 7.90. The third-order valence-corrected chi connectivity index (χ3v) is 5.20. The van der Waals surface area contributed by atoms with Crippen LogP contribution < -0.4 is 0 Å². The number of hydrogen-bond acceptors (Lipinski definition) is 3. The van der Waals surface area contributed by atoms with E-state index in [0.717, 1.165) is 19.3 Å².